The molecule has 1 amide bonds. The second-order valence-corrected chi connectivity index (χ2v) is 10.3. The highest BCUT2D eigenvalue weighted by molar-refractivity contribution is 5.91. The van der Waals surface area contributed by atoms with Gasteiger partial charge < -0.3 is 15.5 Å². The van der Waals surface area contributed by atoms with Crippen LogP contribution in [0.3, 0.4) is 0 Å². The highest BCUT2D eigenvalue weighted by atomic mass is 35.5. The minimum Gasteiger partial charge on any atom is -0.391 e. The number of nitrogens with one attached hydrogen (secondary N) is 2. The minimum atomic E-state index is -0.272. The molecule has 5 aliphatic rings. The van der Waals surface area contributed by atoms with Crippen LogP contribution in [0.4, 0.5) is 0 Å². The van der Waals surface area contributed by atoms with E-state index in [0.29, 0.717) is 18.1 Å². The van der Waals surface area contributed by atoms with Crippen molar-refractivity contribution in [3.63, 3.8) is 0 Å². The predicted octanol–water partition coefficient (Wildman–Crippen LogP) is 2.84. The number of Topliss-reactive ketones (excluding diaryl/α,β-unsaturated/α-hetero) is 1. The zero-order valence-electron chi connectivity index (χ0n) is 17.5. The van der Waals surface area contributed by atoms with Crippen LogP contribution >= 0.6 is 12.4 Å². The van der Waals surface area contributed by atoms with Crippen molar-refractivity contribution in [2.24, 2.45) is 33.7 Å². The first kappa shape index (κ1) is 21.1. The van der Waals surface area contributed by atoms with Crippen LogP contribution in [0.15, 0.2) is 5.16 Å². The summed E-state index contributed by atoms with van der Waals surface area (Å²) < 4.78 is 0. The summed E-state index contributed by atoms with van der Waals surface area (Å²) >= 11 is 0. The number of hydrogen-bond acceptors (Lipinski definition) is 5. The second-order valence-electron chi connectivity index (χ2n) is 10.3. The summed E-state index contributed by atoms with van der Waals surface area (Å²) in [7, 11) is 0. The maximum atomic E-state index is 13.2. The van der Waals surface area contributed by atoms with E-state index in [2.05, 4.69) is 29.6 Å². The Bertz CT molecular complexity index is 722. The van der Waals surface area contributed by atoms with Gasteiger partial charge in [-0.15, -0.1) is 12.4 Å². The van der Waals surface area contributed by atoms with Crippen molar-refractivity contribution in [2.75, 3.05) is 13.1 Å². The molecular weight excluding hydrogens is 390 g/mol. The molecule has 5 rings (SSSR count). The molecule has 7 atom stereocenters. The zero-order chi connectivity index (χ0) is 19.5. The third-order valence-electron chi connectivity index (χ3n) is 8.98. The fourth-order valence-electron chi connectivity index (χ4n) is 7.06. The summed E-state index contributed by atoms with van der Waals surface area (Å²) in [6.07, 6.45) is 7.48. The Balaban J connectivity index is 0.00000205. The number of ketones is 1. The molecule has 2 aliphatic heterocycles. The largest absolute Gasteiger partial charge is 0.391 e. The van der Waals surface area contributed by atoms with E-state index in [1.807, 2.05) is 0 Å². The van der Waals surface area contributed by atoms with Gasteiger partial charge in [0.25, 0.3) is 0 Å². The van der Waals surface area contributed by atoms with E-state index in [4.69, 9.17) is 4.84 Å². The van der Waals surface area contributed by atoms with Gasteiger partial charge in [-0.25, -0.2) is 0 Å². The number of oxime groups is 1. The third kappa shape index (κ3) is 3.21. The molecule has 0 spiro atoms. The lowest BCUT2D eigenvalue weighted by Crippen LogP contribution is -2.65. The molecule has 3 aliphatic carbocycles. The van der Waals surface area contributed by atoms with Crippen molar-refractivity contribution in [3.8, 4) is 0 Å². The lowest BCUT2D eigenvalue weighted by molar-refractivity contribution is -0.153. The summed E-state index contributed by atoms with van der Waals surface area (Å²) in [6, 6.07) is 0.139. The lowest BCUT2D eigenvalue weighted by atomic mass is 9.49. The first-order chi connectivity index (χ1) is 13.4. The Labute approximate surface area is 179 Å². The average Bonchev–Trinajstić information content (AvgIpc) is 3.29. The quantitative estimate of drug-likeness (QED) is 0.669. The van der Waals surface area contributed by atoms with E-state index >= 15 is 0 Å². The smallest absolute Gasteiger partial charge is 0.223 e. The van der Waals surface area contributed by atoms with E-state index in [0.717, 1.165) is 63.7 Å². The first-order valence-electron chi connectivity index (χ1n) is 11.2. The van der Waals surface area contributed by atoms with Crippen LogP contribution in [0, 0.1) is 28.6 Å². The van der Waals surface area contributed by atoms with Crippen LogP contribution < -0.4 is 10.6 Å². The topological polar surface area (TPSA) is 79.8 Å². The highest BCUT2D eigenvalue weighted by Crippen LogP contribution is 2.61. The number of nitrogens with zero attached hydrogens (tertiary/aromatic N) is 1. The van der Waals surface area contributed by atoms with Crippen LogP contribution in [-0.4, -0.2) is 42.6 Å². The predicted molar refractivity (Wildman–Crippen MR) is 113 cm³/mol. The van der Waals surface area contributed by atoms with Crippen molar-refractivity contribution in [1.29, 1.82) is 0 Å². The average molecular weight is 424 g/mol. The minimum absolute atomic E-state index is 0. The van der Waals surface area contributed by atoms with Gasteiger partial charge >= 0.3 is 0 Å². The molecule has 0 bridgehead atoms. The van der Waals surface area contributed by atoms with Gasteiger partial charge in [-0.1, -0.05) is 19.0 Å². The number of rotatable bonds is 2. The molecular formula is C22H34ClN3O3. The molecule has 0 unspecified atom stereocenters. The molecule has 6 nitrogen and oxygen atoms in total. The Morgan fingerprint density at radius 1 is 1.07 bits per heavy atom. The summed E-state index contributed by atoms with van der Waals surface area (Å²) in [6.45, 7) is 6.35. The number of fused-ring (bicyclic) bond motifs is 5. The molecule has 7 heteroatoms. The van der Waals surface area contributed by atoms with E-state index in [-0.39, 0.29) is 53.1 Å². The van der Waals surface area contributed by atoms with Crippen LogP contribution in [-0.2, 0) is 14.4 Å². The number of carbonyl (C=O) groups excluding carboxylic acids is 2. The van der Waals surface area contributed by atoms with Gasteiger partial charge in [0.05, 0.1) is 5.71 Å². The van der Waals surface area contributed by atoms with Crippen LogP contribution in [0.1, 0.15) is 65.2 Å². The van der Waals surface area contributed by atoms with Crippen molar-refractivity contribution >= 4 is 29.8 Å². The Morgan fingerprint density at radius 3 is 2.66 bits per heavy atom. The lowest BCUT2D eigenvalue weighted by Gasteiger charge is -2.58. The van der Waals surface area contributed by atoms with Crippen molar-refractivity contribution in [1.82, 2.24) is 10.6 Å². The molecule has 2 N–H and O–H groups in total. The van der Waals surface area contributed by atoms with Crippen LogP contribution in [0.25, 0.3) is 0 Å². The van der Waals surface area contributed by atoms with Crippen molar-refractivity contribution in [3.05, 3.63) is 0 Å². The van der Waals surface area contributed by atoms with Crippen LogP contribution in [0.5, 0.6) is 0 Å². The summed E-state index contributed by atoms with van der Waals surface area (Å²) in [5, 5.41) is 11.1. The zero-order valence-corrected chi connectivity index (χ0v) is 18.4. The molecule has 2 saturated heterocycles. The number of halogens is 1. The van der Waals surface area contributed by atoms with Crippen LogP contribution in [0.2, 0.25) is 0 Å². The molecule has 2 heterocycles. The van der Waals surface area contributed by atoms with E-state index in [9.17, 15) is 9.59 Å². The number of piperidine rings is 1. The third-order valence-corrected chi connectivity index (χ3v) is 8.98. The normalized spacial score (nSPS) is 47.7. The fraction of sp³-hybridized carbons (Fsp3) is 0.864. The molecule has 0 aromatic carbocycles. The molecule has 3 saturated carbocycles. The summed E-state index contributed by atoms with van der Waals surface area (Å²) in [5.41, 5.74) is 0.913. The summed E-state index contributed by atoms with van der Waals surface area (Å²) in [4.78, 5) is 31.5. The monoisotopic (exact) mass is 423 g/mol. The molecule has 0 radical (unpaired) electrons. The standard InChI is InChI=1S/C22H33N3O3.ClH/c1-21-8-5-13(25-28-14-7-10-23-12-14)11-17(21)24-20(27)19-15-3-4-18(26)22(15,2)9-6-16(19)21;/h14-17,19,23H,3-12H2,1-2H3,(H,24,27);1H/t14-,15+,16+,17+,19+,21-,22+;/m1./s1. The fourth-order valence-corrected chi connectivity index (χ4v) is 7.06. The molecule has 29 heavy (non-hydrogen) atoms. The van der Waals surface area contributed by atoms with Gasteiger partial charge in [0.1, 0.15) is 11.9 Å². The van der Waals surface area contributed by atoms with E-state index in [1.54, 1.807) is 0 Å². The Hall–Kier alpha value is -1.14. The van der Waals surface area contributed by atoms with Crippen molar-refractivity contribution < 1.29 is 14.4 Å². The molecule has 5 fully saturated rings. The SMILES string of the molecule is C[C@]12CCC(=NO[C@@H]3CCNC3)C[C@@H]1NC(=O)[C@@H]1[C@@H]2CC[C@]2(C)C(=O)CC[C@@H]12.Cl. The number of amides is 1. The van der Waals surface area contributed by atoms with E-state index in [1.165, 1.54) is 0 Å². The maximum absolute atomic E-state index is 13.2. The van der Waals surface area contributed by atoms with Gasteiger partial charge in [0.2, 0.25) is 5.91 Å². The van der Waals surface area contributed by atoms with Gasteiger partial charge in [-0.2, -0.15) is 0 Å². The number of carbonyl (C=O) groups is 2. The van der Waals surface area contributed by atoms with Gasteiger partial charge in [0.15, 0.2) is 0 Å². The Morgan fingerprint density at radius 2 is 1.90 bits per heavy atom. The van der Waals surface area contributed by atoms with Gasteiger partial charge in [-0.05, 0) is 55.9 Å². The first-order valence-corrected chi connectivity index (χ1v) is 11.2. The molecule has 0 aromatic heterocycles. The highest BCUT2D eigenvalue weighted by Gasteiger charge is 2.62. The van der Waals surface area contributed by atoms with Crippen molar-refractivity contribution in [2.45, 2.75) is 77.4 Å². The van der Waals surface area contributed by atoms with Gasteiger partial charge in [0, 0.05) is 43.2 Å². The second kappa shape index (κ2) is 7.52. The maximum Gasteiger partial charge on any atom is 0.223 e. The molecule has 162 valence electrons. The molecule has 0 aromatic rings. The summed E-state index contributed by atoms with van der Waals surface area (Å²) in [5.74, 6) is 1.18. The number of hydrogen-bond donors (Lipinski definition) is 2. The van der Waals surface area contributed by atoms with Gasteiger partial charge in [-0.3, -0.25) is 9.59 Å². The Kier molecular flexibility index (Phi) is 5.48. The van der Waals surface area contributed by atoms with E-state index < -0.39 is 0 Å².